The largest absolute Gasteiger partial charge is 0.394 e. The predicted molar refractivity (Wildman–Crippen MR) is 62.9 cm³/mol. The van der Waals surface area contributed by atoms with Crippen molar-refractivity contribution in [2.45, 2.75) is 51.5 Å². The molecule has 4 atom stereocenters. The molecule has 92 valence electrons. The third-order valence-corrected chi connectivity index (χ3v) is 4.63. The van der Waals surface area contributed by atoms with E-state index >= 15 is 0 Å². The molecular weight excluding hydrogens is 202 g/mol. The molecule has 1 amide bonds. The quantitative estimate of drug-likeness (QED) is 0.765. The fourth-order valence-electron chi connectivity index (χ4n) is 3.20. The number of rotatable bonds is 4. The number of amides is 1. The molecule has 4 unspecified atom stereocenters. The van der Waals surface area contributed by atoms with Crippen LogP contribution in [0.25, 0.3) is 0 Å². The first-order valence-corrected chi connectivity index (χ1v) is 6.51. The van der Waals surface area contributed by atoms with Crippen molar-refractivity contribution in [2.75, 3.05) is 6.61 Å². The number of nitrogens with one attached hydrogen (secondary N) is 1. The summed E-state index contributed by atoms with van der Waals surface area (Å²) in [6, 6.07) is 0. The molecule has 0 saturated heterocycles. The number of fused-ring (bicyclic) bond motifs is 2. The monoisotopic (exact) mass is 225 g/mol. The van der Waals surface area contributed by atoms with E-state index in [1.54, 1.807) is 0 Å². The molecule has 2 aliphatic rings. The van der Waals surface area contributed by atoms with Crippen molar-refractivity contribution in [3.8, 4) is 0 Å². The van der Waals surface area contributed by atoms with Gasteiger partial charge in [-0.2, -0.15) is 0 Å². The van der Waals surface area contributed by atoms with E-state index in [-0.39, 0.29) is 18.4 Å². The molecule has 0 spiro atoms. The maximum atomic E-state index is 12.1. The van der Waals surface area contributed by atoms with Gasteiger partial charge in [0, 0.05) is 5.92 Å². The highest BCUT2D eigenvalue weighted by Crippen LogP contribution is 2.48. The summed E-state index contributed by atoms with van der Waals surface area (Å²) < 4.78 is 0. The van der Waals surface area contributed by atoms with Crippen LogP contribution in [0.4, 0.5) is 0 Å². The number of hydrogen-bond acceptors (Lipinski definition) is 2. The van der Waals surface area contributed by atoms with Crippen LogP contribution < -0.4 is 5.32 Å². The van der Waals surface area contributed by atoms with Gasteiger partial charge in [-0.25, -0.2) is 0 Å². The first kappa shape index (κ1) is 11.9. The van der Waals surface area contributed by atoms with Crippen LogP contribution in [0.15, 0.2) is 0 Å². The zero-order valence-electron chi connectivity index (χ0n) is 10.3. The molecule has 0 aromatic rings. The number of hydrogen-bond donors (Lipinski definition) is 2. The van der Waals surface area contributed by atoms with Gasteiger partial charge in [-0.3, -0.25) is 4.79 Å². The molecule has 2 bridgehead atoms. The molecule has 2 aliphatic carbocycles. The fourth-order valence-corrected chi connectivity index (χ4v) is 3.20. The van der Waals surface area contributed by atoms with E-state index in [9.17, 15) is 9.90 Å². The standard InChI is InChI=1S/C13H23NO2/c1-3-13(2,8-15)14-12(16)11-7-9-4-5-10(11)6-9/h9-11,15H,3-8H2,1-2H3,(H,14,16). The van der Waals surface area contributed by atoms with Crippen molar-refractivity contribution in [3.63, 3.8) is 0 Å². The number of carbonyl (C=O) groups excluding carboxylic acids is 1. The molecule has 16 heavy (non-hydrogen) atoms. The fraction of sp³-hybridized carbons (Fsp3) is 0.923. The summed E-state index contributed by atoms with van der Waals surface area (Å²) in [4.78, 5) is 12.1. The summed E-state index contributed by atoms with van der Waals surface area (Å²) in [7, 11) is 0. The van der Waals surface area contributed by atoms with Crippen molar-refractivity contribution in [2.24, 2.45) is 17.8 Å². The van der Waals surface area contributed by atoms with E-state index < -0.39 is 5.54 Å². The lowest BCUT2D eigenvalue weighted by atomic mass is 9.87. The van der Waals surface area contributed by atoms with E-state index in [2.05, 4.69) is 5.32 Å². The molecule has 0 radical (unpaired) electrons. The van der Waals surface area contributed by atoms with Crippen LogP contribution >= 0.6 is 0 Å². The highest BCUT2D eigenvalue weighted by molar-refractivity contribution is 5.80. The second-order valence-electron chi connectivity index (χ2n) is 5.84. The Labute approximate surface area is 97.6 Å². The van der Waals surface area contributed by atoms with Crippen molar-refractivity contribution < 1.29 is 9.90 Å². The lowest BCUT2D eigenvalue weighted by molar-refractivity contribution is -0.129. The van der Waals surface area contributed by atoms with Gasteiger partial charge in [-0.15, -0.1) is 0 Å². The van der Waals surface area contributed by atoms with E-state index in [4.69, 9.17) is 0 Å². The summed E-state index contributed by atoms with van der Waals surface area (Å²) >= 11 is 0. The summed E-state index contributed by atoms with van der Waals surface area (Å²) in [5, 5.41) is 12.3. The average molecular weight is 225 g/mol. The SMILES string of the molecule is CCC(C)(CO)NC(=O)C1CC2CCC1C2. The van der Waals surface area contributed by atoms with Crippen LogP contribution in [0.5, 0.6) is 0 Å². The van der Waals surface area contributed by atoms with Crippen molar-refractivity contribution in [1.29, 1.82) is 0 Å². The molecule has 0 aromatic heterocycles. The van der Waals surface area contributed by atoms with Crippen LogP contribution in [0, 0.1) is 17.8 Å². The topological polar surface area (TPSA) is 49.3 Å². The second kappa shape index (κ2) is 4.36. The van der Waals surface area contributed by atoms with Crippen molar-refractivity contribution in [1.82, 2.24) is 5.32 Å². The minimum atomic E-state index is -0.432. The predicted octanol–water partition coefficient (Wildman–Crippen LogP) is 1.70. The van der Waals surface area contributed by atoms with Gasteiger partial charge in [0.15, 0.2) is 0 Å². The molecular formula is C13H23NO2. The van der Waals surface area contributed by atoms with Gasteiger partial charge in [0.05, 0.1) is 12.1 Å². The number of aliphatic hydroxyl groups is 1. The first-order valence-electron chi connectivity index (χ1n) is 6.51. The highest BCUT2D eigenvalue weighted by Gasteiger charge is 2.44. The van der Waals surface area contributed by atoms with E-state index in [1.807, 2.05) is 13.8 Å². The van der Waals surface area contributed by atoms with E-state index in [0.29, 0.717) is 5.92 Å². The van der Waals surface area contributed by atoms with Gasteiger partial charge in [0.1, 0.15) is 0 Å². The Kier molecular flexibility index (Phi) is 3.24. The lowest BCUT2D eigenvalue weighted by Crippen LogP contribution is -2.51. The molecule has 2 fully saturated rings. The van der Waals surface area contributed by atoms with Gasteiger partial charge in [-0.1, -0.05) is 13.3 Å². The minimum absolute atomic E-state index is 0.0239. The van der Waals surface area contributed by atoms with E-state index in [1.165, 1.54) is 19.3 Å². The zero-order valence-corrected chi connectivity index (χ0v) is 10.3. The molecule has 0 aromatic carbocycles. The summed E-state index contributed by atoms with van der Waals surface area (Å²) in [5.74, 6) is 1.80. The molecule has 2 saturated carbocycles. The van der Waals surface area contributed by atoms with Crippen LogP contribution in [-0.4, -0.2) is 23.2 Å². The summed E-state index contributed by atoms with van der Waals surface area (Å²) in [6.45, 7) is 3.94. The molecule has 3 heteroatoms. The number of aliphatic hydroxyl groups excluding tert-OH is 1. The normalized spacial score (nSPS) is 36.1. The minimum Gasteiger partial charge on any atom is -0.394 e. The first-order chi connectivity index (χ1) is 7.58. The van der Waals surface area contributed by atoms with E-state index in [0.717, 1.165) is 18.8 Å². The summed E-state index contributed by atoms with van der Waals surface area (Å²) in [6.07, 6.45) is 5.64. The Morgan fingerprint density at radius 2 is 2.19 bits per heavy atom. The molecule has 2 N–H and O–H groups in total. The van der Waals surface area contributed by atoms with Gasteiger partial charge >= 0.3 is 0 Å². The van der Waals surface area contributed by atoms with Crippen molar-refractivity contribution >= 4 is 5.91 Å². The molecule has 0 aliphatic heterocycles. The second-order valence-corrected chi connectivity index (χ2v) is 5.84. The van der Waals surface area contributed by atoms with Gasteiger partial charge in [0.25, 0.3) is 0 Å². The Hall–Kier alpha value is -0.570. The Balaban J connectivity index is 1.93. The van der Waals surface area contributed by atoms with Crippen LogP contribution in [0.1, 0.15) is 46.0 Å². The number of carbonyl (C=O) groups is 1. The average Bonchev–Trinajstić information content (AvgIpc) is 2.90. The van der Waals surface area contributed by atoms with Crippen LogP contribution in [0.3, 0.4) is 0 Å². The maximum Gasteiger partial charge on any atom is 0.223 e. The highest BCUT2D eigenvalue weighted by atomic mass is 16.3. The third-order valence-electron chi connectivity index (χ3n) is 4.63. The molecule has 3 nitrogen and oxygen atoms in total. The smallest absolute Gasteiger partial charge is 0.223 e. The third kappa shape index (κ3) is 2.10. The molecule has 2 rings (SSSR count). The zero-order chi connectivity index (χ0) is 11.8. The van der Waals surface area contributed by atoms with Gasteiger partial charge < -0.3 is 10.4 Å². The van der Waals surface area contributed by atoms with Crippen LogP contribution in [0.2, 0.25) is 0 Å². The maximum absolute atomic E-state index is 12.1. The van der Waals surface area contributed by atoms with Gasteiger partial charge in [0.2, 0.25) is 5.91 Å². The summed E-state index contributed by atoms with van der Waals surface area (Å²) in [5.41, 5.74) is -0.432. The lowest BCUT2D eigenvalue weighted by Gasteiger charge is -2.31. The Bertz CT molecular complexity index is 273. The molecule has 0 heterocycles. The van der Waals surface area contributed by atoms with Gasteiger partial charge in [-0.05, 0) is 44.4 Å². The Morgan fingerprint density at radius 1 is 1.44 bits per heavy atom. The van der Waals surface area contributed by atoms with Crippen molar-refractivity contribution in [3.05, 3.63) is 0 Å². The van der Waals surface area contributed by atoms with Crippen LogP contribution in [-0.2, 0) is 4.79 Å². The Morgan fingerprint density at radius 3 is 2.62 bits per heavy atom.